The lowest BCUT2D eigenvalue weighted by molar-refractivity contribution is -0.110. The van der Waals surface area contributed by atoms with Crippen LogP contribution in [0.4, 0.5) is 4.39 Å². The zero-order valence-electron chi connectivity index (χ0n) is 13.5. The van der Waals surface area contributed by atoms with Gasteiger partial charge in [-0.05, 0) is 23.3 Å². The van der Waals surface area contributed by atoms with E-state index in [4.69, 9.17) is 16.4 Å². The normalized spacial score (nSPS) is 21.6. The minimum absolute atomic E-state index is 0.0142. The molecule has 25 heavy (non-hydrogen) atoms. The van der Waals surface area contributed by atoms with Gasteiger partial charge in [-0.25, -0.2) is 17.5 Å². The highest BCUT2D eigenvalue weighted by Crippen LogP contribution is 2.34. The Hall–Kier alpha value is -1.51. The summed E-state index contributed by atoms with van der Waals surface area (Å²) in [5.74, 6) is -0.548. The summed E-state index contributed by atoms with van der Waals surface area (Å²) in [4.78, 5) is 5.42. The molecule has 3 rings (SSSR count). The quantitative estimate of drug-likeness (QED) is 0.861. The van der Waals surface area contributed by atoms with Crippen molar-refractivity contribution in [1.29, 1.82) is 0 Å². The SMILES string of the molecule is CN1OCC(S(=O)(=O)NCc2ccccc2)C1c1ccc(F)c(Cl)c1. The first-order valence-corrected chi connectivity index (χ1v) is 9.64. The molecule has 1 aliphatic rings. The van der Waals surface area contributed by atoms with E-state index in [0.717, 1.165) is 5.56 Å². The van der Waals surface area contributed by atoms with Gasteiger partial charge in [0.2, 0.25) is 10.0 Å². The minimum Gasteiger partial charge on any atom is -0.297 e. The van der Waals surface area contributed by atoms with Gasteiger partial charge in [0.05, 0.1) is 17.7 Å². The summed E-state index contributed by atoms with van der Waals surface area (Å²) in [5, 5.41) is 0.588. The fraction of sp³-hybridized carbons (Fsp3) is 0.294. The average Bonchev–Trinajstić information content (AvgIpc) is 2.99. The third-order valence-corrected chi connectivity index (χ3v) is 6.22. The van der Waals surface area contributed by atoms with Crippen molar-refractivity contribution in [1.82, 2.24) is 9.79 Å². The second-order valence-corrected chi connectivity index (χ2v) is 8.24. The number of nitrogens with one attached hydrogen (secondary N) is 1. The number of hydrogen-bond acceptors (Lipinski definition) is 4. The molecule has 1 N–H and O–H groups in total. The van der Waals surface area contributed by atoms with Crippen LogP contribution in [0.25, 0.3) is 0 Å². The molecule has 0 spiro atoms. The van der Waals surface area contributed by atoms with Crippen LogP contribution in [0.3, 0.4) is 0 Å². The maximum absolute atomic E-state index is 13.4. The lowest BCUT2D eigenvalue weighted by atomic mass is 10.0. The molecule has 1 fully saturated rings. The molecule has 0 amide bonds. The summed E-state index contributed by atoms with van der Waals surface area (Å²) in [6.07, 6.45) is 0. The minimum atomic E-state index is -3.66. The topological polar surface area (TPSA) is 58.6 Å². The molecule has 1 aliphatic heterocycles. The summed E-state index contributed by atoms with van der Waals surface area (Å²) < 4.78 is 41.6. The Morgan fingerprint density at radius 2 is 2.00 bits per heavy atom. The summed E-state index contributed by atoms with van der Waals surface area (Å²) in [7, 11) is -2.02. The Balaban J connectivity index is 1.82. The summed E-state index contributed by atoms with van der Waals surface area (Å²) in [6.45, 7) is 0.209. The van der Waals surface area contributed by atoms with E-state index in [1.54, 1.807) is 7.05 Å². The number of hydroxylamine groups is 2. The van der Waals surface area contributed by atoms with E-state index >= 15 is 0 Å². The molecule has 134 valence electrons. The smallest absolute Gasteiger partial charge is 0.219 e. The molecular weight excluding hydrogens is 367 g/mol. The van der Waals surface area contributed by atoms with Crippen molar-refractivity contribution < 1.29 is 17.6 Å². The van der Waals surface area contributed by atoms with Crippen LogP contribution < -0.4 is 4.72 Å². The van der Waals surface area contributed by atoms with Gasteiger partial charge in [0.1, 0.15) is 11.1 Å². The zero-order valence-corrected chi connectivity index (χ0v) is 15.1. The first-order chi connectivity index (χ1) is 11.9. The number of hydrogen-bond donors (Lipinski definition) is 1. The largest absolute Gasteiger partial charge is 0.297 e. The van der Waals surface area contributed by atoms with Crippen LogP contribution >= 0.6 is 11.6 Å². The molecule has 8 heteroatoms. The Morgan fingerprint density at radius 1 is 1.28 bits per heavy atom. The third kappa shape index (κ3) is 4.02. The number of rotatable bonds is 5. The van der Waals surface area contributed by atoms with Crippen LogP contribution in [-0.2, 0) is 21.4 Å². The van der Waals surface area contributed by atoms with E-state index in [-0.39, 0.29) is 18.2 Å². The number of sulfonamides is 1. The molecule has 2 unspecified atom stereocenters. The van der Waals surface area contributed by atoms with E-state index in [2.05, 4.69) is 4.72 Å². The average molecular weight is 385 g/mol. The molecule has 0 bridgehead atoms. The van der Waals surface area contributed by atoms with Crippen LogP contribution in [0, 0.1) is 5.82 Å². The van der Waals surface area contributed by atoms with Crippen LogP contribution in [0.15, 0.2) is 48.5 Å². The molecule has 0 aromatic heterocycles. The Bertz CT molecular complexity index is 848. The van der Waals surface area contributed by atoms with Gasteiger partial charge in [0, 0.05) is 13.6 Å². The number of nitrogens with zero attached hydrogens (tertiary/aromatic N) is 1. The fourth-order valence-corrected chi connectivity index (χ4v) is 4.54. The van der Waals surface area contributed by atoms with E-state index < -0.39 is 27.1 Å². The molecule has 2 aromatic carbocycles. The monoisotopic (exact) mass is 384 g/mol. The van der Waals surface area contributed by atoms with E-state index in [0.29, 0.717) is 5.56 Å². The van der Waals surface area contributed by atoms with Gasteiger partial charge < -0.3 is 0 Å². The van der Waals surface area contributed by atoms with Gasteiger partial charge in [-0.1, -0.05) is 48.0 Å². The zero-order chi connectivity index (χ0) is 18.0. The third-order valence-electron chi connectivity index (χ3n) is 4.19. The lowest BCUT2D eigenvalue weighted by Crippen LogP contribution is -2.39. The van der Waals surface area contributed by atoms with Crippen LogP contribution in [0.5, 0.6) is 0 Å². The molecule has 1 saturated heterocycles. The van der Waals surface area contributed by atoms with E-state index in [1.807, 2.05) is 30.3 Å². The van der Waals surface area contributed by atoms with Crippen molar-refractivity contribution in [2.45, 2.75) is 17.8 Å². The van der Waals surface area contributed by atoms with Crippen molar-refractivity contribution >= 4 is 21.6 Å². The second-order valence-electron chi connectivity index (χ2n) is 5.85. The highest BCUT2D eigenvalue weighted by atomic mass is 35.5. The molecule has 0 radical (unpaired) electrons. The van der Waals surface area contributed by atoms with Gasteiger partial charge >= 0.3 is 0 Å². The maximum Gasteiger partial charge on any atom is 0.219 e. The summed E-state index contributed by atoms with van der Waals surface area (Å²) >= 11 is 5.84. The molecule has 5 nitrogen and oxygen atoms in total. The highest BCUT2D eigenvalue weighted by Gasteiger charge is 2.43. The van der Waals surface area contributed by atoms with Crippen molar-refractivity contribution in [2.24, 2.45) is 0 Å². The van der Waals surface area contributed by atoms with Crippen molar-refractivity contribution in [3.63, 3.8) is 0 Å². The predicted molar refractivity (Wildman–Crippen MR) is 93.9 cm³/mol. The van der Waals surface area contributed by atoms with Gasteiger partial charge in [0.25, 0.3) is 0 Å². The summed E-state index contributed by atoms with van der Waals surface area (Å²) in [5.41, 5.74) is 1.45. The van der Waals surface area contributed by atoms with Crippen molar-refractivity contribution in [3.8, 4) is 0 Å². The standard InChI is InChI=1S/C17H18ClFN2O3S/c1-21-17(13-7-8-15(19)14(18)9-13)16(11-24-21)25(22,23)20-10-12-5-3-2-4-6-12/h2-9,16-17,20H,10-11H2,1H3. The molecule has 0 aliphatic carbocycles. The first-order valence-electron chi connectivity index (χ1n) is 7.71. The lowest BCUT2D eigenvalue weighted by Gasteiger charge is -2.23. The van der Waals surface area contributed by atoms with Crippen LogP contribution in [-0.4, -0.2) is 32.4 Å². The molecule has 0 saturated carbocycles. The van der Waals surface area contributed by atoms with Crippen LogP contribution in [0.1, 0.15) is 17.2 Å². The van der Waals surface area contributed by atoms with Gasteiger partial charge in [-0.3, -0.25) is 4.84 Å². The number of benzene rings is 2. The van der Waals surface area contributed by atoms with Crippen LogP contribution in [0.2, 0.25) is 5.02 Å². The Labute approximate surface area is 151 Å². The molecule has 1 heterocycles. The Kier molecular flexibility index (Phi) is 5.41. The van der Waals surface area contributed by atoms with Crippen molar-refractivity contribution in [2.75, 3.05) is 13.7 Å². The first kappa shape index (κ1) is 18.3. The molecule has 2 atom stereocenters. The number of halogens is 2. The highest BCUT2D eigenvalue weighted by molar-refractivity contribution is 7.90. The summed E-state index contributed by atoms with van der Waals surface area (Å²) in [6, 6.07) is 12.9. The van der Waals surface area contributed by atoms with Gasteiger partial charge in [-0.2, -0.15) is 5.06 Å². The van der Waals surface area contributed by atoms with Gasteiger partial charge in [-0.15, -0.1) is 0 Å². The van der Waals surface area contributed by atoms with Crippen molar-refractivity contribution in [3.05, 3.63) is 70.5 Å². The van der Waals surface area contributed by atoms with Gasteiger partial charge in [0.15, 0.2) is 0 Å². The maximum atomic E-state index is 13.4. The molecule has 2 aromatic rings. The second kappa shape index (κ2) is 7.39. The van der Waals surface area contributed by atoms with E-state index in [9.17, 15) is 12.8 Å². The fourth-order valence-electron chi connectivity index (χ4n) is 2.86. The molecular formula is C17H18ClFN2O3S. The Morgan fingerprint density at radius 3 is 2.68 bits per heavy atom. The predicted octanol–water partition coefficient (Wildman–Crippen LogP) is 2.89. The van der Waals surface area contributed by atoms with E-state index in [1.165, 1.54) is 23.3 Å².